The minimum Gasteiger partial charge on any atom is -0.326 e. The molecule has 1 heterocycles. The Labute approximate surface area is 151 Å². The second-order valence-electron chi connectivity index (χ2n) is 6.15. The fourth-order valence-electron chi connectivity index (χ4n) is 2.90. The van der Waals surface area contributed by atoms with E-state index in [0.717, 1.165) is 22.6 Å². The van der Waals surface area contributed by atoms with Crippen LogP contribution in [0, 0.1) is 24.0 Å². The van der Waals surface area contributed by atoms with E-state index < -0.39 is 4.92 Å². The molecule has 0 radical (unpaired) electrons. The molecule has 1 N–H and O–H groups in total. The highest BCUT2D eigenvalue weighted by molar-refractivity contribution is 5.92. The van der Waals surface area contributed by atoms with Crippen molar-refractivity contribution in [1.82, 2.24) is 4.57 Å². The van der Waals surface area contributed by atoms with Crippen molar-refractivity contribution in [2.24, 2.45) is 0 Å². The van der Waals surface area contributed by atoms with E-state index in [1.54, 1.807) is 12.1 Å². The van der Waals surface area contributed by atoms with Crippen molar-refractivity contribution >= 4 is 17.3 Å². The van der Waals surface area contributed by atoms with Gasteiger partial charge in [0.2, 0.25) is 5.91 Å². The first kappa shape index (κ1) is 17.4. The van der Waals surface area contributed by atoms with Crippen LogP contribution in [0.2, 0.25) is 0 Å². The first-order valence-electron chi connectivity index (χ1n) is 8.22. The quantitative estimate of drug-likeness (QED) is 0.554. The molecule has 1 amide bonds. The number of carbonyl (C=O) groups is 1. The zero-order chi connectivity index (χ0) is 18.7. The summed E-state index contributed by atoms with van der Waals surface area (Å²) < 4.78 is 2.14. The van der Waals surface area contributed by atoms with Crippen molar-refractivity contribution in [1.29, 1.82) is 0 Å². The summed E-state index contributed by atoms with van der Waals surface area (Å²) in [4.78, 5) is 22.4. The predicted molar refractivity (Wildman–Crippen MR) is 101 cm³/mol. The SMILES string of the molecule is Cc1ccc(C)n1-c1ccc(NC(=O)Cc2ccc([N+](=O)[O-])cc2)cc1. The highest BCUT2D eigenvalue weighted by Crippen LogP contribution is 2.19. The Hall–Kier alpha value is -3.41. The highest BCUT2D eigenvalue weighted by atomic mass is 16.6. The monoisotopic (exact) mass is 349 g/mol. The van der Waals surface area contributed by atoms with Crippen LogP contribution in [0.5, 0.6) is 0 Å². The van der Waals surface area contributed by atoms with Crippen LogP contribution in [0.15, 0.2) is 60.7 Å². The van der Waals surface area contributed by atoms with Gasteiger partial charge in [-0.2, -0.15) is 0 Å². The van der Waals surface area contributed by atoms with Crippen LogP contribution in [0.1, 0.15) is 17.0 Å². The third-order valence-corrected chi connectivity index (χ3v) is 4.19. The van der Waals surface area contributed by atoms with Crippen molar-refractivity contribution in [3.05, 3.63) is 87.7 Å². The Balaban J connectivity index is 1.65. The molecular weight excluding hydrogens is 330 g/mol. The van der Waals surface area contributed by atoms with Crippen LogP contribution in [-0.2, 0) is 11.2 Å². The number of nitrogens with one attached hydrogen (secondary N) is 1. The summed E-state index contributed by atoms with van der Waals surface area (Å²) in [5.41, 5.74) is 4.79. The number of aryl methyl sites for hydroxylation is 2. The van der Waals surface area contributed by atoms with E-state index in [9.17, 15) is 14.9 Å². The van der Waals surface area contributed by atoms with Gasteiger partial charge in [0.1, 0.15) is 0 Å². The van der Waals surface area contributed by atoms with Gasteiger partial charge in [0.15, 0.2) is 0 Å². The lowest BCUT2D eigenvalue weighted by Gasteiger charge is -2.11. The molecule has 1 aromatic heterocycles. The maximum Gasteiger partial charge on any atom is 0.269 e. The number of hydrogen-bond acceptors (Lipinski definition) is 3. The Morgan fingerprint density at radius 2 is 1.54 bits per heavy atom. The Morgan fingerprint density at radius 3 is 2.08 bits per heavy atom. The van der Waals surface area contributed by atoms with Crippen LogP contribution < -0.4 is 5.32 Å². The van der Waals surface area contributed by atoms with Crippen LogP contribution in [0.25, 0.3) is 5.69 Å². The number of anilines is 1. The number of nitro groups is 1. The molecule has 2 aromatic carbocycles. The van der Waals surface area contributed by atoms with E-state index in [-0.39, 0.29) is 18.0 Å². The minimum atomic E-state index is -0.459. The minimum absolute atomic E-state index is 0.0142. The third kappa shape index (κ3) is 3.80. The van der Waals surface area contributed by atoms with Crippen LogP contribution in [0.4, 0.5) is 11.4 Å². The van der Waals surface area contributed by atoms with Gasteiger partial charge >= 0.3 is 0 Å². The summed E-state index contributed by atoms with van der Waals surface area (Å²) in [6.45, 7) is 4.10. The summed E-state index contributed by atoms with van der Waals surface area (Å²) in [6.07, 6.45) is 0.162. The van der Waals surface area contributed by atoms with Gasteiger partial charge in [-0.05, 0) is 55.8 Å². The van der Waals surface area contributed by atoms with E-state index in [2.05, 4.69) is 22.0 Å². The molecule has 3 aromatic rings. The molecule has 0 aliphatic carbocycles. The van der Waals surface area contributed by atoms with E-state index in [0.29, 0.717) is 5.69 Å². The molecule has 26 heavy (non-hydrogen) atoms. The number of hydrogen-bond donors (Lipinski definition) is 1. The number of non-ortho nitro benzene ring substituents is 1. The second-order valence-corrected chi connectivity index (χ2v) is 6.15. The first-order chi connectivity index (χ1) is 12.4. The van der Waals surface area contributed by atoms with Gasteiger partial charge in [0.25, 0.3) is 5.69 Å². The normalized spacial score (nSPS) is 10.5. The number of rotatable bonds is 5. The molecule has 0 fully saturated rings. The average molecular weight is 349 g/mol. The number of amides is 1. The first-order valence-corrected chi connectivity index (χ1v) is 8.22. The fraction of sp³-hybridized carbons (Fsp3) is 0.150. The fourth-order valence-corrected chi connectivity index (χ4v) is 2.90. The summed E-state index contributed by atoms with van der Waals surface area (Å²) in [6, 6.07) is 17.8. The van der Waals surface area contributed by atoms with Crippen LogP contribution >= 0.6 is 0 Å². The topological polar surface area (TPSA) is 77.2 Å². The Kier molecular flexibility index (Phi) is 4.84. The second kappa shape index (κ2) is 7.23. The van der Waals surface area contributed by atoms with E-state index >= 15 is 0 Å². The van der Waals surface area contributed by atoms with E-state index in [4.69, 9.17) is 0 Å². The molecule has 0 saturated carbocycles. The molecule has 0 bridgehead atoms. The lowest BCUT2D eigenvalue weighted by molar-refractivity contribution is -0.384. The molecule has 0 unspecified atom stereocenters. The highest BCUT2D eigenvalue weighted by Gasteiger charge is 2.08. The summed E-state index contributed by atoms with van der Waals surface area (Å²) in [7, 11) is 0. The standard InChI is InChI=1S/C20H19N3O3/c1-14-3-4-15(2)22(14)18-11-7-17(8-12-18)21-20(24)13-16-5-9-19(10-6-16)23(25)26/h3-12H,13H2,1-2H3,(H,21,24). The smallest absolute Gasteiger partial charge is 0.269 e. The molecule has 0 aliphatic heterocycles. The molecule has 6 nitrogen and oxygen atoms in total. The van der Waals surface area contributed by atoms with Crippen molar-refractivity contribution in [3.8, 4) is 5.69 Å². The lowest BCUT2D eigenvalue weighted by atomic mass is 10.1. The molecule has 132 valence electrons. The van der Waals surface area contributed by atoms with Gasteiger partial charge < -0.3 is 9.88 Å². The summed E-state index contributed by atoms with van der Waals surface area (Å²) in [5.74, 6) is -0.167. The third-order valence-electron chi connectivity index (χ3n) is 4.19. The van der Waals surface area contributed by atoms with E-state index in [1.165, 1.54) is 12.1 Å². The molecule has 0 spiro atoms. The number of carbonyl (C=O) groups excluding carboxylic acids is 1. The number of benzene rings is 2. The van der Waals surface area contributed by atoms with Crippen molar-refractivity contribution in [2.45, 2.75) is 20.3 Å². The largest absolute Gasteiger partial charge is 0.326 e. The predicted octanol–water partition coefficient (Wildman–Crippen LogP) is 4.18. The van der Waals surface area contributed by atoms with Crippen LogP contribution in [-0.4, -0.2) is 15.4 Å². The van der Waals surface area contributed by atoms with Gasteiger partial charge in [0, 0.05) is 34.9 Å². The number of aromatic nitrogens is 1. The van der Waals surface area contributed by atoms with Gasteiger partial charge in [-0.1, -0.05) is 12.1 Å². The summed E-state index contributed by atoms with van der Waals surface area (Å²) in [5, 5.41) is 13.5. The van der Waals surface area contributed by atoms with Crippen molar-refractivity contribution in [2.75, 3.05) is 5.32 Å². The molecule has 6 heteroatoms. The van der Waals surface area contributed by atoms with E-state index in [1.807, 2.05) is 38.1 Å². The van der Waals surface area contributed by atoms with Crippen LogP contribution in [0.3, 0.4) is 0 Å². The Bertz CT molecular complexity index is 922. The number of nitrogens with zero attached hydrogens (tertiary/aromatic N) is 2. The summed E-state index contributed by atoms with van der Waals surface area (Å²) >= 11 is 0. The zero-order valence-electron chi connectivity index (χ0n) is 14.6. The van der Waals surface area contributed by atoms with Gasteiger partial charge in [-0.25, -0.2) is 0 Å². The van der Waals surface area contributed by atoms with Gasteiger partial charge in [-0.15, -0.1) is 0 Å². The Morgan fingerprint density at radius 1 is 0.962 bits per heavy atom. The molecular formula is C20H19N3O3. The molecule has 0 aliphatic rings. The number of nitro benzene ring substituents is 1. The molecule has 0 saturated heterocycles. The average Bonchev–Trinajstić information content (AvgIpc) is 2.95. The van der Waals surface area contributed by atoms with Crippen molar-refractivity contribution in [3.63, 3.8) is 0 Å². The van der Waals surface area contributed by atoms with Gasteiger partial charge in [0.05, 0.1) is 11.3 Å². The maximum atomic E-state index is 12.2. The van der Waals surface area contributed by atoms with Crippen molar-refractivity contribution < 1.29 is 9.72 Å². The molecule has 3 rings (SSSR count). The van der Waals surface area contributed by atoms with Gasteiger partial charge in [-0.3, -0.25) is 14.9 Å². The lowest BCUT2D eigenvalue weighted by Crippen LogP contribution is -2.14. The zero-order valence-corrected chi connectivity index (χ0v) is 14.6. The maximum absolute atomic E-state index is 12.2. The molecule has 0 atom stereocenters.